The van der Waals surface area contributed by atoms with Gasteiger partial charge in [-0.15, -0.1) is 11.8 Å². The van der Waals surface area contributed by atoms with E-state index in [1.807, 2.05) is 13.8 Å². The predicted molar refractivity (Wildman–Crippen MR) is 111 cm³/mol. The highest BCUT2D eigenvalue weighted by molar-refractivity contribution is 8.00. The molecule has 0 bridgehead atoms. The van der Waals surface area contributed by atoms with Gasteiger partial charge in [0.15, 0.2) is 5.78 Å². The average molecular weight is 404 g/mol. The molecule has 8 nitrogen and oxygen atoms in total. The Bertz CT molecular complexity index is 1010. The monoisotopic (exact) mass is 404 g/mol. The highest BCUT2D eigenvalue weighted by atomic mass is 32.2. The van der Waals surface area contributed by atoms with Gasteiger partial charge in [0.05, 0.1) is 5.75 Å². The smallest absolute Gasteiger partial charge is 0.332 e. The summed E-state index contributed by atoms with van der Waals surface area (Å²) in [6.45, 7) is 5.57. The van der Waals surface area contributed by atoms with Crippen molar-refractivity contribution >= 4 is 35.0 Å². The van der Waals surface area contributed by atoms with E-state index in [-0.39, 0.29) is 29.0 Å². The van der Waals surface area contributed by atoms with Crippen molar-refractivity contribution in [2.75, 3.05) is 16.8 Å². The molecule has 3 N–H and O–H groups in total. The zero-order valence-electron chi connectivity index (χ0n) is 16.3. The van der Waals surface area contributed by atoms with Gasteiger partial charge in [0.25, 0.3) is 5.56 Å². The number of carbonyl (C=O) groups excluding carboxylic acids is 2. The fourth-order valence-electron chi connectivity index (χ4n) is 2.65. The van der Waals surface area contributed by atoms with Gasteiger partial charge in [-0.3, -0.25) is 23.5 Å². The van der Waals surface area contributed by atoms with Crippen LogP contribution in [0.4, 0.5) is 11.5 Å². The van der Waals surface area contributed by atoms with Gasteiger partial charge >= 0.3 is 5.69 Å². The van der Waals surface area contributed by atoms with E-state index in [4.69, 9.17) is 5.73 Å². The van der Waals surface area contributed by atoms with Crippen molar-refractivity contribution in [1.29, 1.82) is 0 Å². The molecule has 1 heterocycles. The van der Waals surface area contributed by atoms with Gasteiger partial charge in [-0.2, -0.15) is 0 Å². The number of amides is 1. The molecule has 9 heteroatoms. The number of Topliss-reactive ketones (excluding diaryl/α,β-unsaturated/α-hetero) is 1. The van der Waals surface area contributed by atoms with E-state index in [1.54, 1.807) is 24.3 Å². The highest BCUT2D eigenvalue weighted by Gasteiger charge is 2.21. The molecular formula is C19H24N4O4S. The lowest BCUT2D eigenvalue weighted by atomic mass is 10.2. The maximum Gasteiger partial charge on any atom is 0.332 e. The van der Waals surface area contributed by atoms with Crippen LogP contribution in [0.5, 0.6) is 0 Å². The molecule has 2 aromatic rings. The summed E-state index contributed by atoms with van der Waals surface area (Å²) < 4.78 is 2.19. The first-order valence-electron chi connectivity index (χ1n) is 8.74. The van der Waals surface area contributed by atoms with E-state index in [9.17, 15) is 19.2 Å². The Labute approximate surface area is 166 Å². The van der Waals surface area contributed by atoms with E-state index in [1.165, 1.54) is 30.3 Å². The number of benzene rings is 1. The third-order valence-electron chi connectivity index (χ3n) is 3.95. The van der Waals surface area contributed by atoms with Crippen LogP contribution in [-0.4, -0.2) is 26.6 Å². The summed E-state index contributed by atoms with van der Waals surface area (Å²) in [7, 11) is 1.34. The van der Waals surface area contributed by atoms with Gasteiger partial charge in [0.1, 0.15) is 11.4 Å². The van der Waals surface area contributed by atoms with E-state index in [0.717, 1.165) is 9.46 Å². The minimum absolute atomic E-state index is 0.00118. The summed E-state index contributed by atoms with van der Waals surface area (Å²) in [4.78, 5) is 49.3. The minimum atomic E-state index is -0.686. The Morgan fingerprint density at radius 1 is 1.18 bits per heavy atom. The third-order valence-corrected chi connectivity index (χ3v) is 4.97. The number of hydrogen-bond acceptors (Lipinski definition) is 6. The Morgan fingerprint density at radius 3 is 2.32 bits per heavy atom. The summed E-state index contributed by atoms with van der Waals surface area (Å²) in [6.07, 6.45) is 0. The molecule has 0 aliphatic rings. The van der Waals surface area contributed by atoms with Crippen molar-refractivity contribution in [3.8, 4) is 0 Å². The van der Waals surface area contributed by atoms with E-state index in [0.29, 0.717) is 12.2 Å². The van der Waals surface area contributed by atoms with Gasteiger partial charge in [-0.1, -0.05) is 13.8 Å². The fraction of sp³-hybridized carbons (Fsp3) is 0.368. The average Bonchev–Trinajstić information content (AvgIpc) is 2.62. The molecule has 0 unspecified atom stereocenters. The molecule has 28 heavy (non-hydrogen) atoms. The first-order chi connectivity index (χ1) is 13.1. The zero-order valence-corrected chi connectivity index (χ0v) is 17.1. The lowest BCUT2D eigenvalue weighted by Gasteiger charge is -2.16. The molecule has 150 valence electrons. The number of hydrogen-bond donors (Lipinski definition) is 2. The topological polar surface area (TPSA) is 116 Å². The van der Waals surface area contributed by atoms with Crippen molar-refractivity contribution in [2.45, 2.75) is 32.2 Å². The Kier molecular flexibility index (Phi) is 6.85. The quantitative estimate of drug-likeness (QED) is 0.536. The van der Waals surface area contributed by atoms with Crippen LogP contribution in [0.25, 0.3) is 0 Å². The second-order valence-electron chi connectivity index (χ2n) is 6.83. The van der Waals surface area contributed by atoms with Crippen LogP contribution in [0.2, 0.25) is 0 Å². The van der Waals surface area contributed by atoms with E-state index < -0.39 is 17.0 Å². The lowest BCUT2D eigenvalue weighted by Crippen LogP contribution is -2.43. The number of aromatic nitrogens is 2. The molecule has 0 aliphatic carbocycles. The lowest BCUT2D eigenvalue weighted by molar-refractivity contribution is -0.114. The molecule has 1 aromatic carbocycles. The summed E-state index contributed by atoms with van der Waals surface area (Å²) in [5.41, 5.74) is 5.29. The molecule has 0 fully saturated rings. The first kappa shape index (κ1) is 21.5. The Balaban J connectivity index is 2.24. The first-order valence-corrected chi connectivity index (χ1v) is 9.73. The molecule has 0 radical (unpaired) electrons. The number of ketones is 1. The van der Waals surface area contributed by atoms with Crippen LogP contribution in [0.1, 0.15) is 31.1 Å². The summed E-state index contributed by atoms with van der Waals surface area (Å²) in [5.74, 6) is -0.575. The number of anilines is 2. The predicted octanol–water partition coefficient (Wildman–Crippen LogP) is 1.72. The largest absolute Gasteiger partial charge is 0.384 e. The van der Waals surface area contributed by atoms with Crippen molar-refractivity contribution in [1.82, 2.24) is 9.13 Å². The van der Waals surface area contributed by atoms with Crippen molar-refractivity contribution in [3.05, 3.63) is 50.7 Å². The van der Waals surface area contributed by atoms with Crippen LogP contribution >= 0.6 is 11.8 Å². The standard InChI is InChI=1S/C19H24N4O4S/c1-11(2)9-23-17(20)16(18(26)22(4)19(23)27)15(25)10-28-14-7-5-13(6-8-14)21-12(3)24/h5-8,11H,9-10,20H2,1-4H3,(H,21,24). The van der Waals surface area contributed by atoms with Gasteiger partial charge < -0.3 is 11.1 Å². The fourth-order valence-corrected chi connectivity index (χ4v) is 3.42. The van der Waals surface area contributed by atoms with Gasteiger partial charge in [-0.25, -0.2) is 4.79 Å². The second-order valence-corrected chi connectivity index (χ2v) is 7.88. The number of carbonyl (C=O) groups is 2. The van der Waals surface area contributed by atoms with Gasteiger partial charge in [0, 0.05) is 31.1 Å². The maximum atomic E-state index is 12.7. The second kappa shape index (κ2) is 8.92. The number of nitrogens with one attached hydrogen (secondary N) is 1. The molecule has 2 rings (SSSR count). The highest BCUT2D eigenvalue weighted by Crippen LogP contribution is 2.22. The number of nitrogens with zero attached hydrogens (tertiary/aromatic N) is 2. The summed E-state index contributed by atoms with van der Waals surface area (Å²) in [5, 5.41) is 2.66. The van der Waals surface area contributed by atoms with Crippen LogP contribution in [-0.2, 0) is 18.4 Å². The third kappa shape index (κ3) is 4.92. The SMILES string of the molecule is CC(=O)Nc1ccc(SCC(=O)c2c(N)n(CC(C)C)c(=O)n(C)c2=O)cc1. The Hall–Kier alpha value is -2.81. The van der Waals surface area contributed by atoms with E-state index >= 15 is 0 Å². The molecule has 0 aliphatic heterocycles. The zero-order chi connectivity index (χ0) is 21.0. The van der Waals surface area contributed by atoms with Gasteiger partial charge in [0.2, 0.25) is 5.91 Å². The number of thioether (sulfide) groups is 1. The summed E-state index contributed by atoms with van der Waals surface area (Å²) >= 11 is 1.24. The molecule has 0 atom stereocenters. The van der Waals surface area contributed by atoms with Gasteiger partial charge in [-0.05, 0) is 30.2 Å². The van der Waals surface area contributed by atoms with Crippen molar-refractivity contribution in [2.24, 2.45) is 13.0 Å². The molecule has 0 saturated carbocycles. The van der Waals surface area contributed by atoms with Crippen molar-refractivity contribution in [3.63, 3.8) is 0 Å². The molecule has 1 aromatic heterocycles. The number of nitrogens with two attached hydrogens (primary N) is 1. The van der Waals surface area contributed by atoms with E-state index in [2.05, 4.69) is 5.32 Å². The normalized spacial score (nSPS) is 10.9. The maximum absolute atomic E-state index is 12.7. The van der Waals surface area contributed by atoms with Crippen LogP contribution in [0, 0.1) is 5.92 Å². The molecule has 0 saturated heterocycles. The summed E-state index contributed by atoms with van der Waals surface area (Å²) in [6, 6.07) is 6.99. The number of nitrogen functional groups attached to an aromatic ring is 1. The van der Waals surface area contributed by atoms with Crippen LogP contribution < -0.4 is 22.3 Å². The Morgan fingerprint density at radius 2 is 1.79 bits per heavy atom. The van der Waals surface area contributed by atoms with Crippen molar-refractivity contribution < 1.29 is 9.59 Å². The minimum Gasteiger partial charge on any atom is -0.384 e. The van der Waals surface area contributed by atoms with Crippen LogP contribution in [0.15, 0.2) is 38.8 Å². The molecule has 1 amide bonds. The molecular weight excluding hydrogens is 380 g/mol. The van der Waals surface area contributed by atoms with Crippen LogP contribution in [0.3, 0.4) is 0 Å². The number of rotatable bonds is 7. The molecule has 0 spiro atoms.